The maximum absolute atomic E-state index is 5.68. The highest BCUT2D eigenvalue weighted by molar-refractivity contribution is 5.12. The minimum atomic E-state index is 0.923. The molecule has 1 aliphatic rings. The van der Waals surface area contributed by atoms with E-state index in [2.05, 4.69) is 30.1 Å². The molecule has 0 aromatic carbocycles. The van der Waals surface area contributed by atoms with Gasteiger partial charge in [0.15, 0.2) is 0 Å². The Hall–Kier alpha value is -0.800. The van der Waals surface area contributed by atoms with Crippen molar-refractivity contribution in [1.29, 1.82) is 0 Å². The zero-order valence-electron chi connectivity index (χ0n) is 12.5. The molecule has 1 aliphatic carbocycles. The molecule has 0 saturated heterocycles. The zero-order valence-corrected chi connectivity index (χ0v) is 12.5. The van der Waals surface area contributed by atoms with E-state index in [4.69, 9.17) is 4.42 Å². The first kappa shape index (κ1) is 14.6. The van der Waals surface area contributed by atoms with Gasteiger partial charge in [-0.15, -0.1) is 0 Å². The van der Waals surface area contributed by atoms with E-state index in [9.17, 15) is 0 Å². The quantitative estimate of drug-likeness (QED) is 0.693. The van der Waals surface area contributed by atoms with Gasteiger partial charge in [0.25, 0.3) is 0 Å². The molecule has 1 aromatic rings. The fraction of sp³-hybridized carbons (Fsp3) is 0.750. The standard InChI is InChI=1S/C16H28N2O/c1-3-8-17-10-15-9-16(19-13-15)12-18(4-2)11-14-6-5-7-14/h9,13-14,17H,3-8,10-12H2,1-2H3. The van der Waals surface area contributed by atoms with E-state index in [1.54, 1.807) is 0 Å². The van der Waals surface area contributed by atoms with Crippen molar-refractivity contribution in [3.8, 4) is 0 Å². The van der Waals surface area contributed by atoms with Gasteiger partial charge in [0.2, 0.25) is 0 Å². The van der Waals surface area contributed by atoms with Gasteiger partial charge in [-0.3, -0.25) is 4.90 Å². The lowest BCUT2D eigenvalue weighted by Crippen LogP contribution is -2.31. The first-order valence-electron chi connectivity index (χ1n) is 7.81. The smallest absolute Gasteiger partial charge is 0.118 e. The lowest BCUT2D eigenvalue weighted by atomic mass is 9.85. The summed E-state index contributed by atoms with van der Waals surface area (Å²) in [5, 5.41) is 3.41. The van der Waals surface area contributed by atoms with Gasteiger partial charge in [0.05, 0.1) is 12.8 Å². The molecule has 1 fully saturated rings. The first-order chi connectivity index (χ1) is 9.31. The number of hydrogen-bond acceptors (Lipinski definition) is 3. The van der Waals surface area contributed by atoms with E-state index in [-0.39, 0.29) is 0 Å². The largest absolute Gasteiger partial charge is 0.468 e. The highest BCUT2D eigenvalue weighted by atomic mass is 16.3. The molecule has 108 valence electrons. The van der Waals surface area contributed by atoms with Crippen LogP contribution in [0.5, 0.6) is 0 Å². The maximum Gasteiger partial charge on any atom is 0.118 e. The van der Waals surface area contributed by atoms with E-state index in [0.29, 0.717) is 0 Å². The Labute approximate surface area is 117 Å². The SMILES string of the molecule is CCCNCc1coc(CN(CC)CC2CCC2)c1. The summed E-state index contributed by atoms with van der Waals surface area (Å²) in [6.07, 6.45) is 7.34. The van der Waals surface area contributed by atoms with Crippen molar-refractivity contribution in [1.82, 2.24) is 10.2 Å². The van der Waals surface area contributed by atoms with Crippen LogP contribution >= 0.6 is 0 Å². The Morgan fingerprint density at radius 1 is 1.37 bits per heavy atom. The second kappa shape index (κ2) is 7.71. The first-order valence-corrected chi connectivity index (χ1v) is 7.81. The predicted molar refractivity (Wildman–Crippen MR) is 79.0 cm³/mol. The molecule has 3 nitrogen and oxygen atoms in total. The molecule has 1 saturated carbocycles. The van der Waals surface area contributed by atoms with Crippen molar-refractivity contribution in [2.45, 2.75) is 52.6 Å². The lowest BCUT2D eigenvalue weighted by molar-refractivity contribution is 0.169. The van der Waals surface area contributed by atoms with Gasteiger partial charge in [-0.05, 0) is 44.3 Å². The van der Waals surface area contributed by atoms with Gasteiger partial charge >= 0.3 is 0 Å². The Kier molecular flexibility index (Phi) is 5.93. The van der Waals surface area contributed by atoms with Crippen LogP contribution in [0.3, 0.4) is 0 Å². The number of furan rings is 1. The second-order valence-corrected chi connectivity index (χ2v) is 5.72. The van der Waals surface area contributed by atoms with Crippen LogP contribution in [0.4, 0.5) is 0 Å². The third kappa shape index (κ3) is 4.66. The van der Waals surface area contributed by atoms with Crippen LogP contribution in [0.25, 0.3) is 0 Å². The third-order valence-electron chi connectivity index (χ3n) is 4.03. The maximum atomic E-state index is 5.68. The fourth-order valence-corrected chi connectivity index (χ4v) is 2.58. The molecule has 3 heteroatoms. The molecule has 1 heterocycles. The Morgan fingerprint density at radius 3 is 2.84 bits per heavy atom. The van der Waals surface area contributed by atoms with Gasteiger partial charge in [-0.25, -0.2) is 0 Å². The topological polar surface area (TPSA) is 28.4 Å². The van der Waals surface area contributed by atoms with Gasteiger partial charge in [-0.2, -0.15) is 0 Å². The van der Waals surface area contributed by atoms with Crippen LogP contribution in [0.15, 0.2) is 16.7 Å². The lowest BCUT2D eigenvalue weighted by Gasteiger charge is -2.31. The molecule has 0 spiro atoms. The molecule has 19 heavy (non-hydrogen) atoms. The summed E-state index contributed by atoms with van der Waals surface area (Å²) in [6, 6.07) is 2.20. The van der Waals surface area contributed by atoms with E-state index in [1.807, 2.05) is 6.26 Å². The third-order valence-corrected chi connectivity index (χ3v) is 4.03. The van der Waals surface area contributed by atoms with Crippen molar-refractivity contribution < 1.29 is 4.42 Å². The van der Waals surface area contributed by atoms with Crippen LogP contribution in [-0.4, -0.2) is 24.5 Å². The van der Waals surface area contributed by atoms with E-state index in [1.165, 1.54) is 37.8 Å². The highest BCUT2D eigenvalue weighted by Crippen LogP contribution is 2.27. The van der Waals surface area contributed by atoms with Gasteiger partial charge < -0.3 is 9.73 Å². The van der Waals surface area contributed by atoms with Crippen LogP contribution < -0.4 is 5.32 Å². The molecule has 0 atom stereocenters. The minimum absolute atomic E-state index is 0.923. The Balaban J connectivity index is 1.76. The monoisotopic (exact) mass is 264 g/mol. The van der Waals surface area contributed by atoms with E-state index >= 15 is 0 Å². The van der Waals surface area contributed by atoms with Crippen molar-refractivity contribution in [2.24, 2.45) is 5.92 Å². The second-order valence-electron chi connectivity index (χ2n) is 5.72. The van der Waals surface area contributed by atoms with Crippen LogP contribution in [0.1, 0.15) is 50.9 Å². The number of hydrogen-bond donors (Lipinski definition) is 1. The molecular formula is C16H28N2O. The molecule has 1 aromatic heterocycles. The number of nitrogens with one attached hydrogen (secondary N) is 1. The molecule has 0 radical (unpaired) electrons. The number of nitrogens with zero attached hydrogens (tertiary/aromatic N) is 1. The summed E-state index contributed by atoms with van der Waals surface area (Å²) in [5.41, 5.74) is 1.27. The molecule has 0 unspecified atom stereocenters. The fourth-order valence-electron chi connectivity index (χ4n) is 2.58. The van der Waals surface area contributed by atoms with Crippen molar-refractivity contribution in [3.63, 3.8) is 0 Å². The molecular weight excluding hydrogens is 236 g/mol. The van der Waals surface area contributed by atoms with E-state index < -0.39 is 0 Å². The van der Waals surface area contributed by atoms with Crippen molar-refractivity contribution in [2.75, 3.05) is 19.6 Å². The van der Waals surface area contributed by atoms with Crippen molar-refractivity contribution in [3.05, 3.63) is 23.7 Å². The van der Waals surface area contributed by atoms with Gasteiger partial charge in [-0.1, -0.05) is 20.3 Å². The molecule has 2 rings (SSSR count). The van der Waals surface area contributed by atoms with E-state index in [0.717, 1.165) is 37.9 Å². The van der Waals surface area contributed by atoms with Gasteiger partial charge in [0, 0.05) is 18.7 Å². The Bertz CT molecular complexity index is 357. The zero-order chi connectivity index (χ0) is 13.5. The molecule has 0 amide bonds. The summed E-state index contributed by atoms with van der Waals surface area (Å²) in [4.78, 5) is 2.51. The number of rotatable bonds is 9. The van der Waals surface area contributed by atoms with Crippen LogP contribution in [0.2, 0.25) is 0 Å². The summed E-state index contributed by atoms with van der Waals surface area (Å²) >= 11 is 0. The van der Waals surface area contributed by atoms with Crippen molar-refractivity contribution >= 4 is 0 Å². The Morgan fingerprint density at radius 2 is 2.21 bits per heavy atom. The summed E-state index contributed by atoms with van der Waals surface area (Å²) in [7, 11) is 0. The van der Waals surface area contributed by atoms with Crippen LogP contribution in [0, 0.1) is 5.92 Å². The molecule has 0 aliphatic heterocycles. The normalized spacial score (nSPS) is 15.9. The summed E-state index contributed by atoms with van der Waals surface area (Å²) in [5.74, 6) is 2.04. The summed E-state index contributed by atoms with van der Waals surface area (Å²) < 4.78 is 5.68. The minimum Gasteiger partial charge on any atom is -0.468 e. The highest BCUT2D eigenvalue weighted by Gasteiger charge is 2.20. The molecule has 1 N–H and O–H groups in total. The van der Waals surface area contributed by atoms with Crippen LogP contribution in [-0.2, 0) is 13.1 Å². The predicted octanol–water partition coefficient (Wildman–Crippen LogP) is 3.40. The summed E-state index contributed by atoms with van der Waals surface area (Å²) in [6.45, 7) is 9.73. The average Bonchev–Trinajstić information content (AvgIpc) is 2.80. The molecule has 0 bridgehead atoms. The van der Waals surface area contributed by atoms with Gasteiger partial charge in [0.1, 0.15) is 5.76 Å². The average molecular weight is 264 g/mol.